The van der Waals surface area contributed by atoms with Crippen LogP contribution in [0, 0.1) is 0 Å². The fourth-order valence-corrected chi connectivity index (χ4v) is 1.99. The van der Waals surface area contributed by atoms with Crippen LogP contribution in [0.5, 0.6) is 5.88 Å². The van der Waals surface area contributed by atoms with Gasteiger partial charge in [0.25, 0.3) is 0 Å². The largest absolute Gasteiger partial charge is 0.476 e. The topological polar surface area (TPSA) is 50.3 Å². The number of aromatic nitrogens is 2. The van der Waals surface area contributed by atoms with Gasteiger partial charge >= 0.3 is 0 Å². The minimum absolute atomic E-state index is 0.540. The lowest BCUT2D eigenvalue weighted by atomic mass is 10.4. The quantitative estimate of drug-likeness (QED) is 0.779. The highest BCUT2D eigenvalue weighted by molar-refractivity contribution is 5.38. The van der Waals surface area contributed by atoms with Crippen LogP contribution in [0.3, 0.4) is 0 Å². The molecule has 1 N–H and O–H groups in total. The average Bonchev–Trinajstić information content (AvgIpc) is 3.28. The molecule has 0 spiro atoms. The van der Waals surface area contributed by atoms with Crippen molar-refractivity contribution >= 4 is 5.82 Å². The van der Waals surface area contributed by atoms with Crippen LogP contribution in [0.4, 0.5) is 5.82 Å². The molecular formula is C14H24N4O. The first-order chi connectivity index (χ1) is 9.26. The summed E-state index contributed by atoms with van der Waals surface area (Å²) in [6.45, 7) is 8.05. The number of hydrogen-bond donors (Lipinski definition) is 1. The maximum Gasteiger partial charge on any atom is 0.218 e. The molecule has 1 aliphatic carbocycles. The molecule has 1 aliphatic rings. The van der Waals surface area contributed by atoms with Crippen molar-refractivity contribution in [1.29, 1.82) is 0 Å². The molecule has 1 fully saturated rings. The summed E-state index contributed by atoms with van der Waals surface area (Å²) in [6, 6.07) is 1.87. The summed E-state index contributed by atoms with van der Waals surface area (Å²) in [5.41, 5.74) is 0. The molecule has 1 aromatic heterocycles. The molecule has 0 saturated heterocycles. The molecule has 2 rings (SSSR count). The molecule has 0 aliphatic heterocycles. The normalized spacial score (nSPS) is 14.7. The second kappa shape index (κ2) is 6.70. The van der Waals surface area contributed by atoms with E-state index < -0.39 is 0 Å². The van der Waals surface area contributed by atoms with Gasteiger partial charge in [-0.25, -0.2) is 4.98 Å². The highest BCUT2D eigenvalue weighted by Crippen LogP contribution is 2.39. The van der Waals surface area contributed by atoms with E-state index in [0.717, 1.165) is 31.3 Å². The predicted molar refractivity (Wildman–Crippen MR) is 76.8 cm³/mol. The summed E-state index contributed by atoms with van der Waals surface area (Å²) in [4.78, 5) is 11.3. The van der Waals surface area contributed by atoms with Crippen molar-refractivity contribution in [3.63, 3.8) is 0 Å². The van der Waals surface area contributed by atoms with E-state index in [0.29, 0.717) is 18.4 Å². The van der Waals surface area contributed by atoms with Gasteiger partial charge in [0.1, 0.15) is 18.2 Å². The van der Waals surface area contributed by atoms with Gasteiger partial charge in [-0.05, 0) is 25.9 Å². The van der Waals surface area contributed by atoms with Crippen molar-refractivity contribution < 1.29 is 4.74 Å². The van der Waals surface area contributed by atoms with Crippen LogP contribution >= 0.6 is 0 Å². The third-order valence-corrected chi connectivity index (χ3v) is 3.47. The Morgan fingerprint density at radius 2 is 2.05 bits per heavy atom. The van der Waals surface area contributed by atoms with Crippen molar-refractivity contribution in [3.05, 3.63) is 11.9 Å². The van der Waals surface area contributed by atoms with Crippen molar-refractivity contribution in [1.82, 2.24) is 14.9 Å². The van der Waals surface area contributed by atoms with E-state index in [4.69, 9.17) is 4.74 Å². The SMILES string of the molecule is CCN(CC)CCOc1cc(NC)nc(C2CC2)n1. The third-order valence-electron chi connectivity index (χ3n) is 3.47. The number of anilines is 1. The number of ether oxygens (including phenoxy) is 1. The average molecular weight is 264 g/mol. The van der Waals surface area contributed by atoms with Crippen LogP contribution in [-0.4, -0.2) is 48.2 Å². The molecule has 0 unspecified atom stereocenters. The molecule has 1 heterocycles. The Labute approximate surface area is 115 Å². The second-order valence-corrected chi connectivity index (χ2v) is 4.85. The van der Waals surface area contributed by atoms with Gasteiger partial charge in [-0.2, -0.15) is 4.98 Å². The van der Waals surface area contributed by atoms with E-state index >= 15 is 0 Å². The smallest absolute Gasteiger partial charge is 0.218 e. The van der Waals surface area contributed by atoms with E-state index in [1.165, 1.54) is 12.8 Å². The van der Waals surface area contributed by atoms with Gasteiger partial charge in [-0.1, -0.05) is 13.8 Å². The first-order valence-corrected chi connectivity index (χ1v) is 7.18. The second-order valence-electron chi connectivity index (χ2n) is 4.85. The number of hydrogen-bond acceptors (Lipinski definition) is 5. The zero-order valence-corrected chi connectivity index (χ0v) is 12.1. The first-order valence-electron chi connectivity index (χ1n) is 7.18. The molecule has 106 valence electrons. The fraction of sp³-hybridized carbons (Fsp3) is 0.714. The van der Waals surface area contributed by atoms with Gasteiger partial charge in [0, 0.05) is 25.6 Å². The molecule has 0 radical (unpaired) electrons. The van der Waals surface area contributed by atoms with Gasteiger partial charge in [-0.3, -0.25) is 0 Å². The maximum absolute atomic E-state index is 5.77. The van der Waals surface area contributed by atoms with Gasteiger partial charge < -0.3 is 15.0 Å². The molecule has 0 amide bonds. The Kier molecular flexibility index (Phi) is 4.96. The summed E-state index contributed by atoms with van der Waals surface area (Å²) in [7, 11) is 1.87. The third kappa shape index (κ3) is 4.06. The van der Waals surface area contributed by atoms with E-state index in [1.54, 1.807) is 0 Å². The van der Waals surface area contributed by atoms with Crippen molar-refractivity contribution in [2.24, 2.45) is 0 Å². The number of likely N-dealkylation sites (N-methyl/N-ethyl adjacent to an activating group) is 1. The standard InChI is InChI=1S/C14H24N4O/c1-4-18(5-2)8-9-19-13-10-12(15-3)16-14(17-13)11-6-7-11/h10-11H,4-9H2,1-3H3,(H,15,16,17). The Bertz CT molecular complexity index is 402. The van der Waals surface area contributed by atoms with Gasteiger partial charge in [0.2, 0.25) is 5.88 Å². The van der Waals surface area contributed by atoms with Gasteiger partial charge in [0.05, 0.1) is 0 Å². The molecule has 0 atom stereocenters. The Balaban J connectivity index is 1.93. The lowest BCUT2D eigenvalue weighted by molar-refractivity contribution is 0.217. The van der Waals surface area contributed by atoms with Crippen LogP contribution in [-0.2, 0) is 0 Å². The Morgan fingerprint density at radius 1 is 1.32 bits per heavy atom. The fourth-order valence-electron chi connectivity index (χ4n) is 1.99. The minimum atomic E-state index is 0.540. The number of nitrogens with zero attached hydrogens (tertiary/aromatic N) is 3. The Morgan fingerprint density at radius 3 is 2.63 bits per heavy atom. The molecule has 0 bridgehead atoms. The van der Waals surface area contributed by atoms with E-state index in [9.17, 15) is 0 Å². The van der Waals surface area contributed by atoms with E-state index in [-0.39, 0.29) is 0 Å². The van der Waals surface area contributed by atoms with Crippen LogP contribution in [0.25, 0.3) is 0 Å². The van der Waals surface area contributed by atoms with Crippen molar-refractivity contribution in [3.8, 4) is 5.88 Å². The van der Waals surface area contributed by atoms with Gasteiger partial charge in [0.15, 0.2) is 0 Å². The number of rotatable bonds is 8. The summed E-state index contributed by atoms with van der Waals surface area (Å²) in [5.74, 6) is 2.99. The monoisotopic (exact) mass is 264 g/mol. The molecule has 1 saturated carbocycles. The van der Waals surface area contributed by atoms with Gasteiger partial charge in [-0.15, -0.1) is 0 Å². The predicted octanol–water partition coefficient (Wildman–Crippen LogP) is 2.12. The van der Waals surface area contributed by atoms with Crippen LogP contribution in [0.15, 0.2) is 6.07 Å². The molecular weight excluding hydrogens is 240 g/mol. The zero-order chi connectivity index (χ0) is 13.7. The summed E-state index contributed by atoms with van der Waals surface area (Å²) < 4.78 is 5.77. The van der Waals surface area contributed by atoms with Crippen molar-refractivity contribution in [2.75, 3.05) is 38.6 Å². The molecule has 5 heteroatoms. The molecule has 1 aromatic rings. The van der Waals surface area contributed by atoms with Crippen LogP contribution < -0.4 is 10.1 Å². The summed E-state index contributed by atoms with van der Waals surface area (Å²) in [5, 5.41) is 3.07. The molecule has 19 heavy (non-hydrogen) atoms. The highest BCUT2D eigenvalue weighted by Gasteiger charge is 2.27. The first kappa shape index (κ1) is 14.1. The van der Waals surface area contributed by atoms with Crippen LogP contribution in [0.2, 0.25) is 0 Å². The summed E-state index contributed by atoms with van der Waals surface area (Å²) in [6.07, 6.45) is 2.40. The van der Waals surface area contributed by atoms with Crippen molar-refractivity contribution in [2.45, 2.75) is 32.6 Å². The maximum atomic E-state index is 5.77. The molecule has 0 aromatic carbocycles. The molecule has 5 nitrogen and oxygen atoms in total. The minimum Gasteiger partial charge on any atom is -0.476 e. The Hall–Kier alpha value is -1.36. The number of nitrogens with one attached hydrogen (secondary N) is 1. The highest BCUT2D eigenvalue weighted by atomic mass is 16.5. The lowest BCUT2D eigenvalue weighted by Gasteiger charge is -2.18. The van der Waals surface area contributed by atoms with E-state index in [2.05, 4.69) is 34.0 Å². The van der Waals surface area contributed by atoms with E-state index in [1.807, 2.05) is 13.1 Å². The zero-order valence-electron chi connectivity index (χ0n) is 12.1. The summed E-state index contributed by atoms with van der Waals surface area (Å²) >= 11 is 0. The van der Waals surface area contributed by atoms with Crippen LogP contribution in [0.1, 0.15) is 38.4 Å². The lowest BCUT2D eigenvalue weighted by Crippen LogP contribution is -2.28.